The molecule has 0 saturated carbocycles. The molecular formula is C20H30N2O2. The van der Waals surface area contributed by atoms with Crippen molar-refractivity contribution in [1.82, 2.24) is 9.80 Å². The van der Waals surface area contributed by atoms with Gasteiger partial charge in [0.2, 0.25) is 5.91 Å². The van der Waals surface area contributed by atoms with Crippen LogP contribution in [-0.2, 0) is 16.0 Å². The van der Waals surface area contributed by atoms with Gasteiger partial charge in [0.1, 0.15) is 0 Å². The fraction of sp³-hybridized carbons (Fsp3) is 0.650. The zero-order chi connectivity index (χ0) is 16.6. The average Bonchev–Trinajstić information content (AvgIpc) is 3.00. The van der Waals surface area contributed by atoms with E-state index >= 15 is 0 Å². The predicted molar refractivity (Wildman–Crippen MR) is 96.0 cm³/mol. The molecule has 3 rings (SSSR count). The summed E-state index contributed by atoms with van der Waals surface area (Å²) >= 11 is 0. The van der Waals surface area contributed by atoms with E-state index in [-0.39, 0.29) is 0 Å². The molecule has 0 unspecified atom stereocenters. The highest BCUT2D eigenvalue weighted by Crippen LogP contribution is 2.15. The first-order chi connectivity index (χ1) is 11.8. The van der Waals surface area contributed by atoms with E-state index in [1.165, 1.54) is 18.4 Å². The Morgan fingerprint density at radius 2 is 1.96 bits per heavy atom. The van der Waals surface area contributed by atoms with Gasteiger partial charge >= 0.3 is 0 Å². The standard InChI is InChI=1S/C20H30N2O2/c23-20(11-4-9-18-7-2-1-3-8-18)22-13-6-12-21(14-15-22)17-19-10-5-16-24-19/h1-3,7-8,19H,4-6,9-17H2/t19-/m1/s1. The normalized spacial score (nSPS) is 22.5. The van der Waals surface area contributed by atoms with Crippen molar-refractivity contribution in [2.45, 2.75) is 44.6 Å². The molecule has 0 aromatic heterocycles. The van der Waals surface area contributed by atoms with Crippen LogP contribution >= 0.6 is 0 Å². The molecule has 1 atom stereocenters. The molecule has 2 heterocycles. The number of aryl methyl sites for hydroxylation is 1. The van der Waals surface area contributed by atoms with Crippen LogP contribution in [0.15, 0.2) is 30.3 Å². The summed E-state index contributed by atoms with van der Waals surface area (Å²) < 4.78 is 5.74. The molecule has 0 N–H and O–H groups in total. The molecule has 0 radical (unpaired) electrons. The van der Waals surface area contributed by atoms with Gasteiger partial charge in [-0.25, -0.2) is 0 Å². The summed E-state index contributed by atoms with van der Waals surface area (Å²) in [5, 5.41) is 0. The summed E-state index contributed by atoms with van der Waals surface area (Å²) in [4.78, 5) is 17.0. The van der Waals surface area contributed by atoms with E-state index in [2.05, 4.69) is 34.1 Å². The molecule has 1 aromatic rings. The number of hydrogen-bond donors (Lipinski definition) is 0. The maximum Gasteiger partial charge on any atom is 0.222 e. The van der Waals surface area contributed by atoms with E-state index in [9.17, 15) is 4.79 Å². The van der Waals surface area contributed by atoms with Crippen LogP contribution in [0.1, 0.15) is 37.7 Å². The van der Waals surface area contributed by atoms with Crippen LogP contribution < -0.4 is 0 Å². The third kappa shape index (κ3) is 5.32. The van der Waals surface area contributed by atoms with E-state index in [0.717, 1.165) is 58.6 Å². The fourth-order valence-electron chi connectivity index (χ4n) is 3.73. The second kappa shape index (κ2) is 9.19. The first-order valence-electron chi connectivity index (χ1n) is 9.47. The molecule has 0 spiro atoms. The number of carbonyl (C=O) groups excluding carboxylic acids is 1. The Labute approximate surface area is 145 Å². The lowest BCUT2D eigenvalue weighted by Crippen LogP contribution is -2.37. The van der Waals surface area contributed by atoms with Crippen LogP contribution in [0.3, 0.4) is 0 Å². The van der Waals surface area contributed by atoms with Crippen molar-refractivity contribution in [3.8, 4) is 0 Å². The van der Waals surface area contributed by atoms with Crippen LogP contribution in [-0.4, -0.2) is 61.1 Å². The summed E-state index contributed by atoms with van der Waals surface area (Å²) in [5.74, 6) is 0.324. The summed E-state index contributed by atoms with van der Waals surface area (Å²) in [6.07, 6.45) is 6.49. The lowest BCUT2D eigenvalue weighted by molar-refractivity contribution is -0.131. The minimum absolute atomic E-state index is 0.324. The van der Waals surface area contributed by atoms with Gasteiger partial charge in [0.05, 0.1) is 6.10 Å². The topological polar surface area (TPSA) is 32.8 Å². The molecule has 1 aromatic carbocycles. The van der Waals surface area contributed by atoms with E-state index in [0.29, 0.717) is 18.4 Å². The van der Waals surface area contributed by atoms with Crippen LogP contribution in [0.2, 0.25) is 0 Å². The van der Waals surface area contributed by atoms with E-state index in [1.807, 2.05) is 6.07 Å². The van der Waals surface area contributed by atoms with Gasteiger partial charge in [-0.15, -0.1) is 0 Å². The molecule has 2 saturated heterocycles. The van der Waals surface area contributed by atoms with Crippen molar-refractivity contribution in [2.24, 2.45) is 0 Å². The first kappa shape index (κ1) is 17.4. The minimum atomic E-state index is 0.324. The average molecular weight is 330 g/mol. The maximum absolute atomic E-state index is 12.5. The Bertz CT molecular complexity index is 500. The number of amides is 1. The van der Waals surface area contributed by atoms with Gasteiger partial charge in [0.15, 0.2) is 0 Å². The lowest BCUT2D eigenvalue weighted by atomic mass is 10.1. The van der Waals surface area contributed by atoms with Crippen molar-refractivity contribution in [3.63, 3.8) is 0 Å². The van der Waals surface area contributed by atoms with Gasteiger partial charge in [-0.1, -0.05) is 30.3 Å². The summed E-state index contributed by atoms with van der Waals surface area (Å²) in [6, 6.07) is 10.4. The van der Waals surface area contributed by atoms with Crippen molar-refractivity contribution < 1.29 is 9.53 Å². The minimum Gasteiger partial charge on any atom is -0.377 e. The SMILES string of the molecule is O=C(CCCc1ccccc1)N1CCCN(C[C@H]2CCCO2)CC1. The van der Waals surface area contributed by atoms with E-state index in [1.54, 1.807) is 0 Å². The zero-order valence-corrected chi connectivity index (χ0v) is 14.7. The number of hydrogen-bond acceptors (Lipinski definition) is 3. The highest BCUT2D eigenvalue weighted by Gasteiger charge is 2.23. The molecule has 2 aliphatic heterocycles. The van der Waals surface area contributed by atoms with Gasteiger partial charge in [-0.05, 0) is 44.2 Å². The van der Waals surface area contributed by atoms with E-state index < -0.39 is 0 Å². The summed E-state index contributed by atoms with van der Waals surface area (Å²) in [7, 11) is 0. The van der Waals surface area contributed by atoms with Crippen LogP contribution in [0.5, 0.6) is 0 Å². The number of carbonyl (C=O) groups is 1. The molecule has 132 valence electrons. The number of nitrogens with zero attached hydrogens (tertiary/aromatic N) is 2. The third-order valence-corrected chi connectivity index (χ3v) is 5.13. The van der Waals surface area contributed by atoms with Crippen molar-refractivity contribution in [3.05, 3.63) is 35.9 Å². The number of ether oxygens (including phenoxy) is 1. The molecule has 4 heteroatoms. The molecule has 4 nitrogen and oxygen atoms in total. The van der Waals surface area contributed by atoms with Crippen LogP contribution in [0.25, 0.3) is 0 Å². The molecule has 2 aliphatic rings. The quantitative estimate of drug-likeness (QED) is 0.804. The maximum atomic E-state index is 12.5. The monoisotopic (exact) mass is 330 g/mol. The van der Waals surface area contributed by atoms with Crippen LogP contribution in [0.4, 0.5) is 0 Å². The Balaban J connectivity index is 1.37. The predicted octanol–water partition coefficient (Wildman–Crippen LogP) is 2.72. The van der Waals surface area contributed by atoms with Crippen molar-refractivity contribution >= 4 is 5.91 Å². The zero-order valence-electron chi connectivity index (χ0n) is 14.7. The van der Waals surface area contributed by atoms with Gasteiger partial charge < -0.3 is 9.64 Å². The Hall–Kier alpha value is -1.39. The molecular weight excluding hydrogens is 300 g/mol. The highest BCUT2D eigenvalue weighted by molar-refractivity contribution is 5.76. The largest absolute Gasteiger partial charge is 0.377 e. The number of rotatable bonds is 6. The smallest absolute Gasteiger partial charge is 0.222 e. The Morgan fingerprint density at radius 1 is 1.08 bits per heavy atom. The number of benzene rings is 1. The lowest BCUT2D eigenvalue weighted by Gasteiger charge is -2.24. The van der Waals surface area contributed by atoms with E-state index in [4.69, 9.17) is 4.74 Å². The Morgan fingerprint density at radius 3 is 2.75 bits per heavy atom. The van der Waals surface area contributed by atoms with Crippen LogP contribution in [0, 0.1) is 0 Å². The van der Waals surface area contributed by atoms with Crippen molar-refractivity contribution in [2.75, 3.05) is 39.3 Å². The summed E-state index contributed by atoms with van der Waals surface area (Å²) in [5.41, 5.74) is 1.32. The van der Waals surface area contributed by atoms with Gasteiger partial charge in [0.25, 0.3) is 0 Å². The van der Waals surface area contributed by atoms with Gasteiger partial charge in [-0.2, -0.15) is 0 Å². The Kier molecular flexibility index (Phi) is 6.67. The third-order valence-electron chi connectivity index (χ3n) is 5.13. The molecule has 24 heavy (non-hydrogen) atoms. The first-order valence-corrected chi connectivity index (χ1v) is 9.47. The fourth-order valence-corrected chi connectivity index (χ4v) is 3.73. The van der Waals surface area contributed by atoms with Gasteiger partial charge in [0, 0.05) is 39.2 Å². The molecule has 1 amide bonds. The van der Waals surface area contributed by atoms with Gasteiger partial charge in [-0.3, -0.25) is 9.69 Å². The highest BCUT2D eigenvalue weighted by atomic mass is 16.5. The second-order valence-corrected chi connectivity index (χ2v) is 7.01. The molecule has 0 bridgehead atoms. The second-order valence-electron chi connectivity index (χ2n) is 7.01. The molecule has 2 fully saturated rings. The molecule has 0 aliphatic carbocycles. The summed E-state index contributed by atoms with van der Waals surface area (Å²) in [6.45, 7) is 5.82. The van der Waals surface area contributed by atoms with Crippen molar-refractivity contribution in [1.29, 1.82) is 0 Å².